The molecule has 5 nitrogen and oxygen atoms in total. The maximum Gasteiger partial charge on any atom is 0.240 e. The van der Waals surface area contributed by atoms with Crippen LogP contribution in [0.5, 0.6) is 5.75 Å². The van der Waals surface area contributed by atoms with Gasteiger partial charge in [0.05, 0.1) is 17.7 Å². The fourth-order valence-electron chi connectivity index (χ4n) is 1.79. The van der Waals surface area contributed by atoms with Crippen LogP contribution < -0.4 is 15.2 Å². The minimum atomic E-state index is -3.77. The molecule has 112 valence electrons. The summed E-state index contributed by atoms with van der Waals surface area (Å²) in [5, 5.41) is 0. The van der Waals surface area contributed by atoms with E-state index in [0.29, 0.717) is 17.0 Å². The van der Waals surface area contributed by atoms with Gasteiger partial charge in [0.2, 0.25) is 10.0 Å². The highest BCUT2D eigenvalue weighted by Gasteiger charge is 2.14. The number of hydrogen-bond donors (Lipinski definition) is 2. The van der Waals surface area contributed by atoms with Gasteiger partial charge < -0.3 is 10.5 Å². The van der Waals surface area contributed by atoms with Crippen molar-refractivity contribution in [3.63, 3.8) is 0 Å². The highest BCUT2D eigenvalue weighted by atomic mass is 32.2. The van der Waals surface area contributed by atoms with Gasteiger partial charge >= 0.3 is 0 Å². The van der Waals surface area contributed by atoms with E-state index < -0.39 is 15.8 Å². The molecule has 0 aliphatic carbocycles. The molecule has 2 aromatic rings. The number of anilines is 1. The van der Waals surface area contributed by atoms with Crippen molar-refractivity contribution in [2.45, 2.75) is 11.4 Å². The minimum Gasteiger partial charge on any atom is -0.495 e. The Bertz CT molecular complexity index is 748. The van der Waals surface area contributed by atoms with Crippen LogP contribution in [0.2, 0.25) is 0 Å². The van der Waals surface area contributed by atoms with Crippen molar-refractivity contribution in [3.8, 4) is 5.75 Å². The van der Waals surface area contributed by atoms with Crippen LogP contribution in [0.15, 0.2) is 47.4 Å². The maximum absolute atomic E-state index is 13.1. The van der Waals surface area contributed by atoms with Crippen LogP contribution in [-0.4, -0.2) is 15.5 Å². The molecule has 0 aliphatic rings. The van der Waals surface area contributed by atoms with E-state index in [9.17, 15) is 12.8 Å². The highest BCUT2D eigenvalue weighted by molar-refractivity contribution is 7.89. The van der Waals surface area contributed by atoms with Crippen LogP contribution in [0.25, 0.3) is 0 Å². The lowest BCUT2D eigenvalue weighted by Crippen LogP contribution is -2.23. The van der Waals surface area contributed by atoms with E-state index in [2.05, 4.69) is 4.72 Å². The van der Waals surface area contributed by atoms with E-state index in [1.165, 1.54) is 25.3 Å². The van der Waals surface area contributed by atoms with Crippen molar-refractivity contribution in [1.82, 2.24) is 4.72 Å². The summed E-state index contributed by atoms with van der Waals surface area (Å²) in [6.07, 6.45) is 0. The molecule has 0 amide bonds. The standard InChI is InChI=1S/C14H15FN2O3S/c1-20-14-6-5-10(7-13(14)16)9-17-21(18,19)12-4-2-3-11(15)8-12/h2-8,17H,9,16H2,1H3. The Labute approximate surface area is 122 Å². The Kier molecular flexibility index (Phi) is 4.44. The molecule has 0 bridgehead atoms. The number of nitrogens with two attached hydrogens (primary N) is 1. The van der Waals surface area contributed by atoms with Crippen LogP contribution in [0.1, 0.15) is 5.56 Å². The predicted molar refractivity (Wildman–Crippen MR) is 77.8 cm³/mol. The number of methoxy groups -OCH3 is 1. The molecule has 0 radical (unpaired) electrons. The van der Waals surface area contributed by atoms with Gasteiger partial charge in [-0.3, -0.25) is 0 Å². The second kappa shape index (κ2) is 6.11. The van der Waals surface area contributed by atoms with Gasteiger partial charge in [0.15, 0.2) is 0 Å². The van der Waals surface area contributed by atoms with E-state index in [0.717, 1.165) is 6.07 Å². The molecule has 0 heterocycles. The Morgan fingerprint density at radius 1 is 1.24 bits per heavy atom. The SMILES string of the molecule is COc1ccc(CNS(=O)(=O)c2cccc(F)c2)cc1N. The van der Waals surface area contributed by atoms with Crippen molar-refractivity contribution in [1.29, 1.82) is 0 Å². The van der Waals surface area contributed by atoms with Crippen molar-refractivity contribution in [2.24, 2.45) is 0 Å². The summed E-state index contributed by atoms with van der Waals surface area (Å²) in [4.78, 5) is -0.121. The fourth-order valence-corrected chi connectivity index (χ4v) is 2.84. The van der Waals surface area contributed by atoms with Crippen molar-refractivity contribution in [2.75, 3.05) is 12.8 Å². The van der Waals surface area contributed by atoms with E-state index in [1.807, 2.05) is 0 Å². The van der Waals surface area contributed by atoms with Gasteiger partial charge in [-0.05, 0) is 35.9 Å². The molecule has 7 heteroatoms. The van der Waals surface area contributed by atoms with E-state index in [1.54, 1.807) is 18.2 Å². The van der Waals surface area contributed by atoms with Crippen molar-refractivity contribution < 1.29 is 17.5 Å². The fraction of sp³-hybridized carbons (Fsp3) is 0.143. The Morgan fingerprint density at radius 3 is 2.62 bits per heavy atom. The normalized spacial score (nSPS) is 11.3. The Balaban J connectivity index is 2.13. The van der Waals surface area contributed by atoms with Crippen LogP contribution >= 0.6 is 0 Å². The van der Waals surface area contributed by atoms with Crippen LogP contribution in [0, 0.1) is 5.82 Å². The van der Waals surface area contributed by atoms with Gasteiger partial charge in [-0.2, -0.15) is 0 Å². The zero-order valence-corrected chi connectivity index (χ0v) is 12.2. The number of nitrogen functional groups attached to an aromatic ring is 1. The van der Waals surface area contributed by atoms with Crippen LogP contribution in [0.3, 0.4) is 0 Å². The molecule has 0 saturated heterocycles. The van der Waals surface area contributed by atoms with Gasteiger partial charge in [-0.15, -0.1) is 0 Å². The molecule has 2 aromatic carbocycles. The molecule has 2 rings (SSSR count). The number of sulfonamides is 1. The molecule has 0 atom stereocenters. The largest absolute Gasteiger partial charge is 0.495 e. The summed E-state index contributed by atoms with van der Waals surface area (Å²) in [5.74, 6) is -0.0849. The van der Waals surface area contributed by atoms with E-state index in [4.69, 9.17) is 10.5 Å². The summed E-state index contributed by atoms with van der Waals surface area (Å²) in [6.45, 7) is 0.0487. The van der Waals surface area contributed by atoms with Gasteiger partial charge in [-0.25, -0.2) is 17.5 Å². The zero-order valence-electron chi connectivity index (χ0n) is 11.3. The van der Waals surface area contributed by atoms with Crippen LogP contribution in [-0.2, 0) is 16.6 Å². The third-order valence-corrected chi connectivity index (χ3v) is 4.27. The van der Waals surface area contributed by atoms with Gasteiger partial charge in [0, 0.05) is 6.54 Å². The number of nitrogens with one attached hydrogen (secondary N) is 1. The van der Waals surface area contributed by atoms with Gasteiger partial charge in [-0.1, -0.05) is 12.1 Å². The van der Waals surface area contributed by atoms with Gasteiger partial charge in [0.1, 0.15) is 11.6 Å². The summed E-state index contributed by atoms with van der Waals surface area (Å²) in [5.41, 5.74) is 6.84. The number of ether oxygens (including phenoxy) is 1. The maximum atomic E-state index is 13.1. The average Bonchev–Trinajstić information content (AvgIpc) is 2.45. The first-order valence-electron chi connectivity index (χ1n) is 6.10. The van der Waals surface area contributed by atoms with Crippen molar-refractivity contribution in [3.05, 3.63) is 53.8 Å². The lowest BCUT2D eigenvalue weighted by Gasteiger charge is -2.09. The lowest BCUT2D eigenvalue weighted by molar-refractivity contribution is 0.417. The first-order chi connectivity index (χ1) is 9.92. The minimum absolute atomic E-state index is 0.0487. The summed E-state index contributed by atoms with van der Waals surface area (Å²) < 4.78 is 44.6. The Morgan fingerprint density at radius 2 is 2.00 bits per heavy atom. The molecule has 21 heavy (non-hydrogen) atoms. The number of benzene rings is 2. The summed E-state index contributed by atoms with van der Waals surface area (Å²) >= 11 is 0. The summed E-state index contributed by atoms with van der Waals surface area (Å²) in [6, 6.07) is 9.79. The Hall–Kier alpha value is -2.12. The molecule has 0 aliphatic heterocycles. The first kappa shape index (κ1) is 15.3. The van der Waals surface area contributed by atoms with Gasteiger partial charge in [0.25, 0.3) is 0 Å². The number of hydrogen-bond acceptors (Lipinski definition) is 4. The average molecular weight is 310 g/mol. The zero-order chi connectivity index (χ0) is 15.5. The van der Waals surface area contributed by atoms with Crippen molar-refractivity contribution >= 4 is 15.7 Å². The van der Waals surface area contributed by atoms with E-state index >= 15 is 0 Å². The molecule has 0 spiro atoms. The summed E-state index contributed by atoms with van der Waals surface area (Å²) in [7, 11) is -2.27. The third-order valence-electron chi connectivity index (χ3n) is 2.87. The topological polar surface area (TPSA) is 81.4 Å². The smallest absolute Gasteiger partial charge is 0.240 e. The monoisotopic (exact) mass is 310 g/mol. The molecule has 0 fully saturated rings. The highest BCUT2D eigenvalue weighted by Crippen LogP contribution is 2.22. The predicted octanol–water partition coefficient (Wildman–Crippen LogP) is 1.90. The van der Waals surface area contributed by atoms with Crippen LogP contribution in [0.4, 0.5) is 10.1 Å². The quantitative estimate of drug-likeness (QED) is 0.826. The number of halogens is 1. The molecular weight excluding hydrogens is 295 g/mol. The van der Waals surface area contributed by atoms with E-state index in [-0.39, 0.29) is 11.4 Å². The number of rotatable bonds is 5. The molecule has 0 saturated carbocycles. The molecule has 0 aromatic heterocycles. The molecule has 3 N–H and O–H groups in total. The second-order valence-electron chi connectivity index (χ2n) is 4.36. The lowest BCUT2D eigenvalue weighted by atomic mass is 10.2. The second-order valence-corrected chi connectivity index (χ2v) is 6.13. The molecular formula is C14H15FN2O3S. The molecule has 0 unspecified atom stereocenters. The third kappa shape index (κ3) is 3.71. The first-order valence-corrected chi connectivity index (χ1v) is 7.58.